The molecule has 0 bridgehead atoms. The quantitative estimate of drug-likeness (QED) is 0.683. The molecule has 1 aliphatic heterocycles. The van der Waals surface area contributed by atoms with Crippen molar-refractivity contribution >= 4 is 40.7 Å². The third-order valence-corrected chi connectivity index (χ3v) is 4.45. The molecule has 0 amide bonds. The Morgan fingerprint density at radius 2 is 1.67 bits per heavy atom. The third-order valence-electron chi connectivity index (χ3n) is 3.98. The van der Waals surface area contributed by atoms with Gasteiger partial charge >= 0.3 is 6.36 Å². The first kappa shape index (κ1) is 24.0. The van der Waals surface area contributed by atoms with E-state index in [4.69, 9.17) is 0 Å². The Morgan fingerprint density at radius 1 is 1.04 bits per heavy atom. The zero-order valence-electron chi connectivity index (χ0n) is 14.1. The van der Waals surface area contributed by atoms with Crippen molar-refractivity contribution in [1.29, 1.82) is 0 Å². The molecule has 1 aromatic carbocycles. The smallest absolute Gasteiger partial charge is 0.406 e. The molecular weight excluding hydrogens is 470 g/mol. The van der Waals surface area contributed by atoms with E-state index in [1.165, 1.54) is 12.1 Å². The van der Waals surface area contributed by atoms with Crippen LogP contribution in [-0.4, -0.2) is 42.4 Å². The highest BCUT2D eigenvalue weighted by molar-refractivity contribution is 9.10. The number of piperazine rings is 1. The fraction of sp³-hybridized carbons (Fsp3) is 0.353. The van der Waals surface area contributed by atoms with E-state index < -0.39 is 6.36 Å². The molecule has 3 rings (SSSR count). The lowest BCUT2D eigenvalue weighted by Crippen LogP contribution is -2.45. The number of halogens is 6. The molecule has 0 radical (unpaired) electrons. The van der Waals surface area contributed by atoms with E-state index in [1.54, 1.807) is 18.3 Å². The maximum Gasteiger partial charge on any atom is 0.573 e. The van der Waals surface area contributed by atoms with Gasteiger partial charge in [0.15, 0.2) is 0 Å². The van der Waals surface area contributed by atoms with Crippen molar-refractivity contribution in [1.82, 2.24) is 15.2 Å². The summed E-state index contributed by atoms with van der Waals surface area (Å²) in [6.07, 6.45) is -2.96. The number of aromatic nitrogens is 1. The summed E-state index contributed by atoms with van der Waals surface area (Å²) in [5, 5.41) is 3.30. The number of ether oxygens (including phenoxy) is 1. The number of hydrogen-bond donors (Lipinski definition) is 1. The Kier molecular flexibility index (Phi) is 9.30. The molecule has 1 aromatic heterocycles. The van der Waals surface area contributed by atoms with Gasteiger partial charge in [0.25, 0.3) is 0 Å². The summed E-state index contributed by atoms with van der Waals surface area (Å²) in [6, 6.07) is 9.74. The molecule has 0 saturated carbocycles. The maximum atomic E-state index is 12.3. The van der Waals surface area contributed by atoms with Gasteiger partial charge in [-0.25, -0.2) is 0 Å². The monoisotopic (exact) mass is 487 g/mol. The van der Waals surface area contributed by atoms with E-state index in [1.807, 2.05) is 12.1 Å². The van der Waals surface area contributed by atoms with Crippen molar-refractivity contribution in [2.45, 2.75) is 12.4 Å². The number of benzene rings is 1. The Hall–Kier alpha value is -1.06. The summed E-state index contributed by atoms with van der Waals surface area (Å²) < 4.78 is 41.9. The van der Waals surface area contributed by atoms with Gasteiger partial charge in [0.1, 0.15) is 5.75 Å². The lowest BCUT2D eigenvalue weighted by atomic mass is 10.0. The second-order valence-electron chi connectivity index (χ2n) is 5.71. The highest BCUT2D eigenvalue weighted by Gasteiger charge is 2.31. The second kappa shape index (κ2) is 10.5. The lowest BCUT2D eigenvalue weighted by molar-refractivity contribution is -0.274. The molecular formula is C17H19BrCl2F3N3O. The van der Waals surface area contributed by atoms with Crippen LogP contribution in [0.15, 0.2) is 47.1 Å². The Morgan fingerprint density at radius 3 is 2.19 bits per heavy atom. The van der Waals surface area contributed by atoms with E-state index in [2.05, 4.69) is 35.9 Å². The maximum absolute atomic E-state index is 12.3. The van der Waals surface area contributed by atoms with E-state index in [9.17, 15) is 13.2 Å². The fourth-order valence-electron chi connectivity index (χ4n) is 2.91. The minimum Gasteiger partial charge on any atom is -0.406 e. The zero-order chi connectivity index (χ0) is 17.9. The molecule has 1 aliphatic rings. The van der Waals surface area contributed by atoms with Gasteiger partial charge in [0.2, 0.25) is 0 Å². The number of nitrogens with one attached hydrogen (secondary N) is 1. The van der Waals surface area contributed by atoms with Crippen LogP contribution in [0.25, 0.3) is 0 Å². The molecule has 10 heteroatoms. The third kappa shape index (κ3) is 6.80. The van der Waals surface area contributed by atoms with Crippen LogP contribution in [0.2, 0.25) is 0 Å². The SMILES string of the molecule is Cl.Cl.FC(F)(F)Oc1ccc([C@@H](c2ccc(Br)cn2)N2CCNCC2)cc1. The average Bonchev–Trinajstić information content (AvgIpc) is 2.58. The number of rotatable bonds is 4. The largest absolute Gasteiger partial charge is 0.573 e. The molecule has 1 N–H and O–H groups in total. The van der Waals surface area contributed by atoms with Crippen molar-refractivity contribution in [3.63, 3.8) is 0 Å². The van der Waals surface area contributed by atoms with Crippen LogP contribution in [0, 0.1) is 0 Å². The molecule has 150 valence electrons. The van der Waals surface area contributed by atoms with Crippen LogP contribution < -0.4 is 10.1 Å². The zero-order valence-corrected chi connectivity index (χ0v) is 17.3. The molecule has 0 unspecified atom stereocenters. The van der Waals surface area contributed by atoms with Crippen molar-refractivity contribution in [2.24, 2.45) is 0 Å². The van der Waals surface area contributed by atoms with Gasteiger partial charge in [-0.3, -0.25) is 9.88 Å². The predicted octanol–water partition coefficient (Wildman–Crippen LogP) is 4.58. The van der Waals surface area contributed by atoms with E-state index in [-0.39, 0.29) is 36.6 Å². The van der Waals surface area contributed by atoms with Gasteiger partial charge in [-0.2, -0.15) is 0 Å². The van der Waals surface area contributed by atoms with Crippen molar-refractivity contribution in [3.8, 4) is 5.75 Å². The predicted molar refractivity (Wildman–Crippen MR) is 106 cm³/mol. The first-order valence-electron chi connectivity index (χ1n) is 7.84. The molecule has 0 spiro atoms. The molecule has 2 aromatic rings. The van der Waals surface area contributed by atoms with E-state index in [0.717, 1.165) is 41.9 Å². The summed E-state index contributed by atoms with van der Waals surface area (Å²) in [7, 11) is 0. The minimum absolute atomic E-state index is 0. The Bertz CT molecular complexity index is 696. The molecule has 27 heavy (non-hydrogen) atoms. The van der Waals surface area contributed by atoms with Crippen LogP contribution in [0.3, 0.4) is 0 Å². The van der Waals surface area contributed by atoms with Crippen LogP contribution >= 0.6 is 40.7 Å². The summed E-state index contributed by atoms with van der Waals surface area (Å²) in [4.78, 5) is 6.76. The lowest BCUT2D eigenvalue weighted by Gasteiger charge is -2.35. The molecule has 0 aliphatic carbocycles. The summed E-state index contributed by atoms with van der Waals surface area (Å²) in [5.41, 5.74) is 1.74. The van der Waals surface area contributed by atoms with Crippen molar-refractivity contribution in [3.05, 3.63) is 58.3 Å². The summed E-state index contributed by atoms with van der Waals surface area (Å²) in [6.45, 7) is 3.40. The van der Waals surface area contributed by atoms with Crippen LogP contribution in [-0.2, 0) is 0 Å². The van der Waals surface area contributed by atoms with Crippen LogP contribution in [0.1, 0.15) is 17.3 Å². The van der Waals surface area contributed by atoms with Gasteiger partial charge in [-0.1, -0.05) is 12.1 Å². The highest BCUT2D eigenvalue weighted by Crippen LogP contribution is 2.31. The first-order valence-corrected chi connectivity index (χ1v) is 8.63. The Labute approximate surface area is 176 Å². The standard InChI is InChI=1S/C17H17BrF3N3O.2ClH/c18-13-3-6-15(23-11-13)16(24-9-7-22-8-10-24)12-1-4-14(5-2-12)25-17(19,20)21;;/h1-6,11,16,22H,7-10H2;2*1H/t16-;;/m0../s1. The molecule has 1 atom stereocenters. The number of pyridine rings is 1. The first-order chi connectivity index (χ1) is 11.9. The van der Waals surface area contributed by atoms with Crippen molar-refractivity contribution in [2.75, 3.05) is 26.2 Å². The molecule has 1 saturated heterocycles. The number of hydrogen-bond acceptors (Lipinski definition) is 4. The van der Waals surface area contributed by atoms with Gasteiger partial charge in [-0.15, -0.1) is 38.0 Å². The summed E-state index contributed by atoms with van der Waals surface area (Å²) in [5.74, 6) is -0.223. The van der Waals surface area contributed by atoms with Gasteiger partial charge < -0.3 is 10.1 Å². The Balaban J connectivity index is 0.00000182. The normalized spacial score (nSPS) is 16.0. The fourth-order valence-corrected chi connectivity index (χ4v) is 3.14. The van der Waals surface area contributed by atoms with Gasteiger partial charge in [0, 0.05) is 36.8 Å². The second-order valence-corrected chi connectivity index (χ2v) is 6.62. The van der Waals surface area contributed by atoms with Crippen LogP contribution in [0.4, 0.5) is 13.2 Å². The topological polar surface area (TPSA) is 37.4 Å². The van der Waals surface area contributed by atoms with Crippen molar-refractivity contribution < 1.29 is 17.9 Å². The van der Waals surface area contributed by atoms with E-state index in [0.29, 0.717) is 0 Å². The number of alkyl halides is 3. The minimum atomic E-state index is -4.69. The molecule has 4 nitrogen and oxygen atoms in total. The van der Waals surface area contributed by atoms with Gasteiger partial charge in [0.05, 0.1) is 11.7 Å². The van der Waals surface area contributed by atoms with Crippen LogP contribution in [0.5, 0.6) is 5.75 Å². The van der Waals surface area contributed by atoms with Gasteiger partial charge in [-0.05, 0) is 45.8 Å². The van der Waals surface area contributed by atoms with E-state index >= 15 is 0 Å². The summed E-state index contributed by atoms with van der Waals surface area (Å²) >= 11 is 3.38. The highest BCUT2D eigenvalue weighted by atomic mass is 79.9. The molecule has 2 heterocycles. The number of nitrogens with zero attached hydrogens (tertiary/aromatic N) is 2. The molecule has 1 fully saturated rings. The average molecular weight is 489 g/mol.